The van der Waals surface area contributed by atoms with Crippen molar-refractivity contribution in [1.29, 1.82) is 0 Å². The van der Waals surface area contributed by atoms with E-state index in [2.05, 4.69) is 34.5 Å². The van der Waals surface area contributed by atoms with Crippen LogP contribution in [-0.2, 0) is 6.54 Å². The Morgan fingerprint density at radius 2 is 2.14 bits per heavy atom. The molecule has 5 heteroatoms. The van der Waals surface area contributed by atoms with Gasteiger partial charge < -0.3 is 15.1 Å². The summed E-state index contributed by atoms with van der Waals surface area (Å²) in [6, 6.07) is 0.845. The number of aromatic nitrogens is 1. The van der Waals surface area contributed by atoms with Crippen LogP contribution in [0.4, 0.5) is 0 Å². The highest BCUT2D eigenvalue weighted by Gasteiger charge is 2.21. The molecule has 1 aromatic heterocycles. The first-order valence-electron chi connectivity index (χ1n) is 4.70. The normalized spacial score (nSPS) is 25.7. The zero-order valence-electron chi connectivity index (χ0n) is 8.32. The van der Waals surface area contributed by atoms with Crippen LogP contribution in [0, 0.1) is 0 Å². The van der Waals surface area contributed by atoms with E-state index in [-0.39, 0.29) is 0 Å². The van der Waals surface area contributed by atoms with Crippen molar-refractivity contribution in [2.24, 2.45) is 4.99 Å². The van der Waals surface area contributed by atoms with E-state index in [1.165, 1.54) is 6.39 Å². The Hall–Kier alpha value is -1.52. The molecule has 76 valence electrons. The van der Waals surface area contributed by atoms with Crippen LogP contribution in [0.1, 0.15) is 19.5 Å². The van der Waals surface area contributed by atoms with Crippen LogP contribution in [0.3, 0.4) is 0 Å². The van der Waals surface area contributed by atoms with Gasteiger partial charge in [0.05, 0.1) is 6.54 Å². The molecule has 1 aliphatic rings. The summed E-state index contributed by atoms with van der Waals surface area (Å²) in [7, 11) is 0. The third-order valence-corrected chi connectivity index (χ3v) is 2.36. The lowest BCUT2D eigenvalue weighted by Gasteiger charge is -2.04. The van der Waals surface area contributed by atoms with Crippen LogP contribution in [0.15, 0.2) is 22.1 Å². The first-order chi connectivity index (χ1) is 6.75. The van der Waals surface area contributed by atoms with Crippen molar-refractivity contribution in [3.05, 3.63) is 18.4 Å². The predicted molar refractivity (Wildman–Crippen MR) is 52.8 cm³/mol. The quantitative estimate of drug-likeness (QED) is 0.719. The van der Waals surface area contributed by atoms with Gasteiger partial charge in [0, 0.05) is 12.1 Å². The molecule has 0 bridgehead atoms. The Labute approximate surface area is 82.6 Å². The average molecular weight is 194 g/mol. The Morgan fingerprint density at radius 3 is 2.71 bits per heavy atom. The van der Waals surface area contributed by atoms with Gasteiger partial charge in [0.15, 0.2) is 12.4 Å². The molecular weight excluding hydrogens is 180 g/mol. The van der Waals surface area contributed by atoms with Gasteiger partial charge in [-0.25, -0.2) is 9.98 Å². The molecule has 0 amide bonds. The molecule has 0 radical (unpaired) electrons. The van der Waals surface area contributed by atoms with Gasteiger partial charge >= 0.3 is 0 Å². The summed E-state index contributed by atoms with van der Waals surface area (Å²) in [5.41, 5.74) is 0.841. The zero-order valence-corrected chi connectivity index (χ0v) is 8.32. The second-order valence-corrected chi connectivity index (χ2v) is 3.51. The van der Waals surface area contributed by atoms with E-state index in [4.69, 9.17) is 4.42 Å². The van der Waals surface area contributed by atoms with E-state index in [0.29, 0.717) is 18.6 Å². The fourth-order valence-electron chi connectivity index (χ4n) is 1.29. The van der Waals surface area contributed by atoms with Crippen molar-refractivity contribution in [1.82, 2.24) is 15.6 Å². The lowest BCUT2D eigenvalue weighted by molar-refractivity contribution is 0.556. The lowest BCUT2D eigenvalue weighted by atomic mass is 10.2. The molecule has 1 saturated heterocycles. The van der Waals surface area contributed by atoms with Gasteiger partial charge in [-0.05, 0) is 13.8 Å². The lowest BCUT2D eigenvalue weighted by Crippen LogP contribution is -2.26. The monoisotopic (exact) mass is 194 g/mol. The van der Waals surface area contributed by atoms with Gasteiger partial charge in [0.2, 0.25) is 0 Å². The van der Waals surface area contributed by atoms with Crippen LogP contribution in [0.5, 0.6) is 0 Å². The molecule has 0 spiro atoms. The standard InChI is InChI=1S/C9H14N4O/c1-6-7(2)13-9(12-6)10-3-8-4-14-5-11-8/h4-7H,3H2,1-2H3,(H2,10,12,13). The van der Waals surface area contributed by atoms with Crippen molar-refractivity contribution < 1.29 is 4.42 Å². The smallest absolute Gasteiger partial charge is 0.192 e. The van der Waals surface area contributed by atoms with E-state index >= 15 is 0 Å². The van der Waals surface area contributed by atoms with Crippen LogP contribution < -0.4 is 10.6 Å². The minimum absolute atomic E-state index is 0.422. The SMILES string of the molecule is CC1NC(=NCc2cocn2)NC1C. The second kappa shape index (κ2) is 3.69. The van der Waals surface area contributed by atoms with Crippen molar-refractivity contribution in [2.45, 2.75) is 32.5 Å². The number of aliphatic imine (C=N–C) groups is 1. The summed E-state index contributed by atoms with van der Waals surface area (Å²) in [6.07, 6.45) is 3.02. The number of rotatable bonds is 2. The fraction of sp³-hybridized carbons (Fsp3) is 0.556. The van der Waals surface area contributed by atoms with Crippen LogP contribution in [0.25, 0.3) is 0 Å². The van der Waals surface area contributed by atoms with Crippen LogP contribution in [-0.4, -0.2) is 23.0 Å². The van der Waals surface area contributed by atoms with Crippen molar-refractivity contribution in [3.63, 3.8) is 0 Å². The zero-order chi connectivity index (χ0) is 9.97. The van der Waals surface area contributed by atoms with Crippen molar-refractivity contribution >= 4 is 5.96 Å². The fourth-order valence-corrected chi connectivity index (χ4v) is 1.29. The molecule has 5 nitrogen and oxygen atoms in total. The summed E-state index contributed by atoms with van der Waals surface area (Å²) in [5.74, 6) is 0.841. The Morgan fingerprint density at radius 1 is 1.43 bits per heavy atom. The third-order valence-electron chi connectivity index (χ3n) is 2.36. The van der Waals surface area contributed by atoms with Gasteiger partial charge in [-0.1, -0.05) is 0 Å². The average Bonchev–Trinajstić information content (AvgIpc) is 2.74. The molecule has 2 atom stereocenters. The molecule has 2 rings (SSSR count). The van der Waals surface area contributed by atoms with Crippen molar-refractivity contribution in [3.8, 4) is 0 Å². The Kier molecular flexibility index (Phi) is 2.39. The Bertz CT molecular complexity index is 308. The predicted octanol–water partition coefficient (Wildman–Crippen LogP) is 0.500. The number of nitrogens with one attached hydrogen (secondary N) is 2. The molecule has 14 heavy (non-hydrogen) atoms. The Balaban J connectivity index is 1.93. The highest BCUT2D eigenvalue weighted by Crippen LogP contribution is 2.01. The summed E-state index contributed by atoms with van der Waals surface area (Å²) < 4.78 is 4.85. The minimum atomic E-state index is 0.422. The first-order valence-corrected chi connectivity index (χ1v) is 4.70. The van der Waals surface area contributed by atoms with E-state index < -0.39 is 0 Å². The third kappa shape index (κ3) is 1.86. The van der Waals surface area contributed by atoms with Gasteiger partial charge in [-0.3, -0.25) is 0 Å². The van der Waals surface area contributed by atoms with Gasteiger partial charge in [-0.2, -0.15) is 0 Å². The molecular formula is C9H14N4O. The van der Waals surface area contributed by atoms with Gasteiger partial charge in [-0.15, -0.1) is 0 Å². The minimum Gasteiger partial charge on any atom is -0.451 e. The molecule has 1 fully saturated rings. The molecule has 1 aromatic rings. The summed E-state index contributed by atoms with van der Waals surface area (Å²) in [6.45, 7) is 4.79. The van der Waals surface area contributed by atoms with E-state index in [1.807, 2.05) is 0 Å². The molecule has 0 aliphatic carbocycles. The molecule has 0 aromatic carbocycles. The van der Waals surface area contributed by atoms with Crippen LogP contribution in [0.2, 0.25) is 0 Å². The molecule has 2 heterocycles. The van der Waals surface area contributed by atoms with Crippen molar-refractivity contribution in [2.75, 3.05) is 0 Å². The second-order valence-electron chi connectivity index (χ2n) is 3.51. The highest BCUT2D eigenvalue weighted by molar-refractivity contribution is 5.82. The number of guanidine groups is 1. The topological polar surface area (TPSA) is 62.5 Å². The summed E-state index contributed by atoms with van der Waals surface area (Å²) in [4.78, 5) is 8.32. The van der Waals surface area contributed by atoms with E-state index in [1.54, 1.807) is 6.26 Å². The summed E-state index contributed by atoms with van der Waals surface area (Å²) >= 11 is 0. The van der Waals surface area contributed by atoms with Gasteiger partial charge in [0.25, 0.3) is 0 Å². The number of hydrogen-bond donors (Lipinski definition) is 2. The van der Waals surface area contributed by atoms with Crippen LogP contribution >= 0.6 is 0 Å². The summed E-state index contributed by atoms with van der Waals surface area (Å²) in [5, 5.41) is 6.49. The molecule has 0 saturated carbocycles. The largest absolute Gasteiger partial charge is 0.451 e. The van der Waals surface area contributed by atoms with E-state index in [9.17, 15) is 0 Å². The maximum atomic E-state index is 4.85. The van der Waals surface area contributed by atoms with E-state index in [0.717, 1.165) is 11.7 Å². The number of hydrogen-bond acceptors (Lipinski definition) is 3. The maximum absolute atomic E-state index is 4.85. The van der Waals surface area contributed by atoms with Gasteiger partial charge in [0.1, 0.15) is 12.0 Å². The molecule has 2 unspecified atom stereocenters. The molecule has 1 aliphatic heterocycles. The number of oxazole rings is 1. The molecule has 2 N–H and O–H groups in total. The highest BCUT2D eigenvalue weighted by atomic mass is 16.3. The first kappa shape index (κ1) is 9.05. The number of nitrogens with zero attached hydrogens (tertiary/aromatic N) is 2. The maximum Gasteiger partial charge on any atom is 0.192 e.